The molecule has 12 heteroatoms. The van der Waals surface area contributed by atoms with Gasteiger partial charge in [-0.25, -0.2) is 13.8 Å². The summed E-state index contributed by atoms with van der Waals surface area (Å²) in [5.74, 6) is 0.391. The van der Waals surface area contributed by atoms with Gasteiger partial charge in [-0.05, 0) is 62.7 Å². The van der Waals surface area contributed by atoms with E-state index < -0.39 is 51.3 Å². The summed E-state index contributed by atoms with van der Waals surface area (Å²) >= 11 is 0. The Hall–Kier alpha value is -2.82. The van der Waals surface area contributed by atoms with Crippen LogP contribution in [0.15, 0.2) is 70.4 Å². The van der Waals surface area contributed by atoms with Crippen LogP contribution >= 0.6 is 7.60 Å². The van der Waals surface area contributed by atoms with Gasteiger partial charge in [-0.3, -0.25) is 18.9 Å². The molecule has 0 radical (unpaired) electrons. The van der Waals surface area contributed by atoms with E-state index in [0.717, 1.165) is 21.8 Å². The summed E-state index contributed by atoms with van der Waals surface area (Å²) in [4.78, 5) is 26.5. The quantitative estimate of drug-likeness (QED) is 0.239. The molecular weight excluding hydrogens is 578 g/mol. The minimum absolute atomic E-state index is 0.271. The van der Waals surface area contributed by atoms with E-state index in [-0.39, 0.29) is 11.6 Å². The van der Waals surface area contributed by atoms with Crippen LogP contribution in [0.5, 0.6) is 5.75 Å². The zero-order valence-corrected chi connectivity index (χ0v) is 27.2. The molecule has 0 amide bonds. The van der Waals surface area contributed by atoms with Crippen molar-refractivity contribution in [2.45, 2.75) is 83.8 Å². The molecule has 228 valence electrons. The standard InChI is InChI=1S/C30H40FN2O7PSi/c1-20-14-15-23(21(2)18-20)39-41(36,22-12-10-9-11-13-22)37-19-24-26(40-42(7,8)29(3,4)5)30(6,31)27(38-24)33-17-16-25(34)32-28(33)35/h9-18,24,26-27H,19H2,1-8H3,(H,32,34,35)/t24-,26-,27-,30-,41-/m1/s1. The van der Waals surface area contributed by atoms with Gasteiger partial charge in [-0.2, -0.15) is 0 Å². The first-order valence-corrected chi connectivity index (χ1v) is 18.3. The van der Waals surface area contributed by atoms with Gasteiger partial charge < -0.3 is 13.7 Å². The Balaban J connectivity index is 1.72. The number of H-pyrrole nitrogens is 1. The van der Waals surface area contributed by atoms with E-state index in [9.17, 15) is 14.2 Å². The highest BCUT2D eigenvalue weighted by Gasteiger charge is 2.59. The lowest BCUT2D eigenvalue weighted by molar-refractivity contribution is -0.0589. The first-order chi connectivity index (χ1) is 19.4. The maximum absolute atomic E-state index is 16.8. The highest BCUT2D eigenvalue weighted by Crippen LogP contribution is 2.51. The van der Waals surface area contributed by atoms with Crippen LogP contribution in [0, 0.1) is 13.8 Å². The number of halogens is 1. The first-order valence-electron chi connectivity index (χ1n) is 13.9. The van der Waals surface area contributed by atoms with Gasteiger partial charge in [0.15, 0.2) is 20.2 Å². The molecule has 4 rings (SSSR count). The van der Waals surface area contributed by atoms with E-state index in [2.05, 4.69) is 4.98 Å². The van der Waals surface area contributed by atoms with Crippen molar-refractivity contribution in [1.82, 2.24) is 9.55 Å². The number of aryl methyl sites for hydroxylation is 2. The fourth-order valence-corrected chi connectivity index (χ4v) is 7.62. The van der Waals surface area contributed by atoms with Crippen LogP contribution in [0.2, 0.25) is 18.1 Å². The second-order valence-corrected chi connectivity index (χ2v) is 19.2. The Morgan fingerprint density at radius 1 is 1.10 bits per heavy atom. The van der Waals surface area contributed by atoms with Gasteiger partial charge in [-0.1, -0.05) is 56.7 Å². The van der Waals surface area contributed by atoms with Crippen molar-refractivity contribution in [2.24, 2.45) is 0 Å². The molecule has 9 nitrogen and oxygen atoms in total. The average Bonchev–Trinajstić information content (AvgIpc) is 3.13. The van der Waals surface area contributed by atoms with Crippen molar-refractivity contribution >= 4 is 21.2 Å². The number of rotatable bonds is 9. The summed E-state index contributed by atoms with van der Waals surface area (Å²) in [6.07, 6.45) is -2.51. The Bertz CT molecular complexity index is 1580. The number of ether oxygens (including phenoxy) is 1. The number of aromatic amines is 1. The summed E-state index contributed by atoms with van der Waals surface area (Å²) < 4.78 is 57.1. The molecule has 0 saturated carbocycles. The zero-order chi connectivity index (χ0) is 31.1. The summed E-state index contributed by atoms with van der Waals surface area (Å²) in [6, 6.07) is 15.1. The normalized spacial score (nSPS) is 24.4. The van der Waals surface area contributed by atoms with Crippen LogP contribution in [-0.4, -0.2) is 42.4 Å². The van der Waals surface area contributed by atoms with Crippen LogP contribution in [-0.2, 0) is 18.3 Å². The third-order valence-corrected chi connectivity index (χ3v) is 14.4. The smallest absolute Gasteiger partial charge is 0.410 e. The molecule has 1 aliphatic heterocycles. The van der Waals surface area contributed by atoms with Crippen molar-refractivity contribution in [2.75, 3.05) is 6.61 Å². The van der Waals surface area contributed by atoms with E-state index in [1.807, 2.05) is 59.8 Å². The Kier molecular flexibility index (Phi) is 8.94. The van der Waals surface area contributed by atoms with E-state index in [1.54, 1.807) is 36.4 Å². The molecular formula is C30H40FN2O7PSi. The lowest BCUT2D eigenvalue weighted by Crippen LogP contribution is -2.53. The predicted octanol–water partition coefficient (Wildman–Crippen LogP) is 5.78. The van der Waals surface area contributed by atoms with Crippen LogP contribution in [0.3, 0.4) is 0 Å². The SMILES string of the molecule is Cc1ccc(O[P@](=O)(OC[C@H]2O[C@@H](n3ccc(=O)[nH]c3=O)[C@](C)(F)[C@@H]2O[Si](C)(C)C(C)(C)C)c2ccccc2)c(C)c1. The number of aromatic nitrogens is 2. The van der Waals surface area contributed by atoms with Crippen molar-refractivity contribution in [3.05, 3.63) is 92.8 Å². The number of nitrogens with zero attached hydrogens (tertiary/aromatic N) is 1. The second-order valence-electron chi connectivity index (χ2n) is 12.5. The molecule has 1 aromatic heterocycles. The van der Waals surface area contributed by atoms with E-state index >= 15 is 4.39 Å². The van der Waals surface area contributed by atoms with Gasteiger partial charge in [0.25, 0.3) is 5.56 Å². The number of benzene rings is 2. The molecule has 1 saturated heterocycles. The topological polar surface area (TPSA) is 109 Å². The highest BCUT2D eigenvalue weighted by atomic mass is 31.2. The number of hydrogen-bond acceptors (Lipinski definition) is 7. The van der Waals surface area contributed by atoms with Gasteiger partial charge in [-0.15, -0.1) is 0 Å². The van der Waals surface area contributed by atoms with Crippen molar-refractivity contribution < 1.29 is 27.2 Å². The summed E-state index contributed by atoms with van der Waals surface area (Å²) in [5, 5.41) is 0.0496. The minimum atomic E-state index is -4.01. The van der Waals surface area contributed by atoms with Crippen molar-refractivity contribution in [3.63, 3.8) is 0 Å². The molecule has 1 fully saturated rings. The monoisotopic (exact) mass is 618 g/mol. The fourth-order valence-electron chi connectivity index (χ4n) is 4.60. The molecule has 1 aliphatic rings. The molecule has 3 aromatic rings. The Labute approximate surface area is 246 Å². The van der Waals surface area contributed by atoms with Gasteiger partial charge in [0.05, 0.1) is 11.9 Å². The molecule has 0 bridgehead atoms. The molecule has 0 aliphatic carbocycles. The van der Waals surface area contributed by atoms with Crippen LogP contribution in [0.1, 0.15) is 45.0 Å². The van der Waals surface area contributed by atoms with Crippen LogP contribution < -0.4 is 21.1 Å². The van der Waals surface area contributed by atoms with E-state index in [4.69, 9.17) is 18.2 Å². The molecule has 2 aromatic carbocycles. The first kappa shape index (κ1) is 32.1. The Morgan fingerprint density at radius 2 is 1.76 bits per heavy atom. The maximum atomic E-state index is 16.8. The molecule has 2 heterocycles. The van der Waals surface area contributed by atoms with Crippen molar-refractivity contribution in [1.29, 1.82) is 0 Å². The van der Waals surface area contributed by atoms with Gasteiger partial charge in [0.1, 0.15) is 18.0 Å². The highest BCUT2D eigenvalue weighted by molar-refractivity contribution is 7.62. The van der Waals surface area contributed by atoms with Gasteiger partial charge in [0.2, 0.25) is 0 Å². The van der Waals surface area contributed by atoms with Crippen molar-refractivity contribution in [3.8, 4) is 5.75 Å². The second kappa shape index (κ2) is 11.7. The molecule has 1 N–H and O–H groups in total. The summed E-state index contributed by atoms with van der Waals surface area (Å²) in [6.45, 7) is 14.8. The maximum Gasteiger partial charge on any atom is 0.410 e. The number of hydrogen-bond donors (Lipinski definition) is 1. The third kappa shape index (κ3) is 6.55. The lowest BCUT2D eigenvalue weighted by Gasteiger charge is -2.41. The minimum Gasteiger partial charge on any atom is -0.421 e. The van der Waals surface area contributed by atoms with Gasteiger partial charge in [0, 0.05) is 12.3 Å². The number of nitrogens with one attached hydrogen (secondary N) is 1. The number of alkyl halides is 1. The van der Waals surface area contributed by atoms with Gasteiger partial charge >= 0.3 is 13.3 Å². The summed E-state index contributed by atoms with van der Waals surface area (Å²) in [7, 11) is -6.60. The van der Waals surface area contributed by atoms with Crippen LogP contribution in [0.25, 0.3) is 0 Å². The predicted molar refractivity (Wildman–Crippen MR) is 163 cm³/mol. The molecule has 5 atom stereocenters. The largest absolute Gasteiger partial charge is 0.421 e. The molecule has 0 unspecified atom stereocenters. The van der Waals surface area contributed by atoms with E-state index in [1.165, 1.54) is 13.1 Å². The molecule has 42 heavy (non-hydrogen) atoms. The fraction of sp³-hybridized carbons (Fsp3) is 0.467. The zero-order valence-electron chi connectivity index (χ0n) is 25.3. The van der Waals surface area contributed by atoms with Crippen LogP contribution in [0.4, 0.5) is 4.39 Å². The lowest BCUT2D eigenvalue weighted by atomic mass is 9.98. The summed E-state index contributed by atoms with van der Waals surface area (Å²) in [5.41, 5.74) is -1.87. The van der Waals surface area contributed by atoms with E-state index in [0.29, 0.717) is 11.1 Å². The Morgan fingerprint density at radius 3 is 2.36 bits per heavy atom. The third-order valence-electron chi connectivity index (χ3n) is 8.04. The average molecular weight is 619 g/mol. The molecule has 0 spiro atoms.